The summed E-state index contributed by atoms with van der Waals surface area (Å²) >= 11 is 0. The van der Waals surface area contributed by atoms with E-state index in [2.05, 4.69) is 50.9 Å². The first-order valence-corrected chi connectivity index (χ1v) is 8.45. The molecule has 3 nitrogen and oxygen atoms in total. The van der Waals surface area contributed by atoms with Gasteiger partial charge in [-0.25, -0.2) is 0 Å². The van der Waals surface area contributed by atoms with Crippen LogP contribution < -0.4 is 5.32 Å². The molecule has 1 aliphatic heterocycles. The largest absolute Gasteiger partial charge is 0.463 e. The van der Waals surface area contributed by atoms with Crippen molar-refractivity contribution < 1.29 is 4.42 Å². The molecule has 0 saturated carbocycles. The second-order valence-corrected chi connectivity index (χ2v) is 7.48. The van der Waals surface area contributed by atoms with Gasteiger partial charge in [0.05, 0.1) is 13.1 Å². The van der Waals surface area contributed by atoms with Gasteiger partial charge in [0.1, 0.15) is 11.5 Å². The molecule has 1 saturated heterocycles. The van der Waals surface area contributed by atoms with Gasteiger partial charge in [-0.2, -0.15) is 0 Å². The lowest BCUT2D eigenvalue weighted by Gasteiger charge is -2.34. The normalized spacial score (nSPS) is 23.9. The number of hydrogen-bond donors (Lipinski definition) is 1. The van der Waals surface area contributed by atoms with Gasteiger partial charge in [0, 0.05) is 13.1 Å². The molecule has 2 heterocycles. The van der Waals surface area contributed by atoms with E-state index < -0.39 is 0 Å². The van der Waals surface area contributed by atoms with E-state index in [1.165, 1.54) is 25.1 Å². The third-order valence-electron chi connectivity index (χ3n) is 4.23. The highest BCUT2D eigenvalue weighted by Crippen LogP contribution is 2.24. The predicted molar refractivity (Wildman–Crippen MR) is 88.2 cm³/mol. The Morgan fingerprint density at radius 1 is 1.29 bits per heavy atom. The minimum Gasteiger partial charge on any atom is -0.463 e. The Morgan fingerprint density at radius 2 is 1.95 bits per heavy atom. The van der Waals surface area contributed by atoms with Crippen LogP contribution in [0.5, 0.6) is 0 Å². The van der Waals surface area contributed by atoms with Gasteiger partial charge in [-0.15, -0.1) is 0 Å². The van der Waals surface area contributed by atoms with Crippen LogP contribution in [-0.4, -0.2) is 24.5 Å². The highest BCUT2D eigenvalue weighted by molar-refractivity contribution is 5.20. The SMILES string of the molecule is Cc1cc(CN2CC(C)CC(C)C2)oc1CNCC(C)C. The Balaban J connectivity index is 1.89. The first kappa shape index (κ1) is 16.6. The second-order valence-electron chi connectivity index (χ2n) is 7.48. The Morgan fingerprint density at radius 3 is 2.57 bits per heavy atom. The quantitative estimate of drug-likeness (QED) is 0.864. The van der Waals surface area contributed by atoms with Crippen molar-refractivity contribution >= 4 is 0 Å². The smallest absolute Gasteiger partial charge is 0.120 e. The molecule has 1 fully saturated rings. The van der Waals surface area contributed by atoms with E-state index in [0.717, 1.165) is 43.0 Å². The molecule has 0 spiro atoms. The van der Waals surface area contributed by atoms with E-state index in [0.29, 0.717) is 5.92 Å². The summed E-state index contributed by atoms with van der Waals surface area (Å²) in [6.45, 7) is 16.6. The number of nitrogens with zero attached hydrogens (tertiary/aromatic N) is 1. The first-order valence-electron chi connectivity index (χ1n) is 8.45. The molecule has 1 aromatic heterocycles. The lowest BCUT2D eigenvalue weighted by atomic mass is 9.92. The van der Waals surface area contributed by atoms with Crippen molar-refractivity contribution in [3.05, 3.63) is 23.2 Å². The van der Waals surface area contributed by atoms with Crippen molar-refractivity contribution in [3.8, 4) is 0 Å². The zero-order chi connectivity index (χ0) is 15.4. The molecule has 0 bridgehead atoms. The fourth-order valence-electron chi connectivity index (χ4n) is 3.46. The van der Waals surface area contributed by atoms with Crippen molar-refractivity contribution in [2.45, 2.75) is 54.1 Å². The van der Waals surface area contributed by atoms with Crippen molar-refractivity contribution in [2.75, 3.05) is 19.6 Å². The van der Waals surface area contributed by atoms with Crippen LogP contribution in [0.25, 0.3) is 0 Å². The third kappa shape index (κ3) is 5.15. The van der Waals surface area contributed by atoms with E-state index in [1.54, 1.807) is 0 Å². The molecule has 2 unspecified atom stereocenters. The zero-order valence-electron chi connectivity index (χ0n) is 14.4. The van der Waals surface area contributed by atoms with Crippen LogP contribution in [0.1, 0.15) is 51.2 Å². The van der Waals surface area contributed by atoms with Crippen LogP contribution >= 0.6 is 0 Å². The van der Waals surface area contributed by atoms with Crippen LogP contribution in [0.2, 0.25) is 0 Å². The maximum atomic E-state index is 6.07. The lowest BCUT2D eigenvalue weighted by Crippen LogP contribution is -2.37. The molecule has 120 valence electrons. The molecule has 21 heavy (non-hydrogen) atoms. The van der Waals surface area contributed by atoms with Crippen LogP contribution in [0.3, 0.4) is 0 Å². The Labute approximate surface area is 130 Å². The molecule has 1 N–H and O–H groups in total. The summed E-state index contributed by atoms with van der Waals surface area (Å²) in [7, 11) is 0. The summed E-state index contributed by atoms with van der Waals surface area (Å²) in [5.74, 6) is 4.50. The molecule has 1 aliphatic rings. The molecular weight excluding hydrogens is 260 g/mol. The number of likely N-dealkylation sites (tertiary alicyclic amines) is 1. The molecule has 0 aromatic carbocycles. The van der Waals surface area contributed by atoms with Gasteiger partial charge in [-0.05, 0) is 49.3 Å². The zero-order valence-corrected chi connectivity index (χ0v) is 14.4. The number of furan rings is 1. The fraction of sp³-hybridized carbons (Fsp3) is 0.778. The first-order chi connectivity index (χ1) is 9.94. The third-order valence-corrected chi connectivity index (χ3v) is 4.23. The van der Waals surface area contributed by atoms with Crippen LogP contribution in [0, 0.1) is 24.7 Å². The monoisotopic (exact) mass is 292 g/mol. The minimum absolute atomic E-state index is 0.677. The van der Waals surface area contributed by atoms with Crippen LogP contribution in [0.15, 0.2) is 10.5 Å². The Hall–Kier alpha value is -0.800. The van der Waals surface area contributed by atoms with Gasteiger partial charge in [0.15, 0.2) is 0 Å². The molecule has 0 amide bonds. The highest BCUT2D eigenvalue weighted by atomic mass is 16.3. The summed E-state index contributed by atoms with van der Waals surface area (Å²) in [6.07, 6.45) is 1.36. The van der Waals surface area contributed by atoms with Gasteiger partial charge in [-0.1, -0.05) is 27.7 Å². The molecule has 2 rings (SSSR count). The van der Waals surface area contributed by atoms with E-state index in [4.69, 9.17) is 4.42 Å². The summed E-state index contributed by atoms with van der Waals surface area (Å²) in [5.41, 5.74) is 1.28. The molecule has 0 radical (unpaired) electrons. The lowest BCUT2D eigenvalue weighted by molar-refractivity contribution is 0.125. The van der Waals surface area contributed by atoms with Gasteiger partial charge in [-0.3, -0.25) is 4.90 Å². The molecule has 0 aliphatic carbocycles. The van der Waals surface area contributed by atoms with Crippen LogP contribution in [0.4, 0.5) is 0 Å². The molecular formula is C18H32N2O. The van der Waals surface area contributed by atoms with Crippen molar-refractivity contribution in [3.63, 3.8) is 0 Å². The molecule has 3 heteroatoms. The predicted octanol–water partition coefficient (Wildman–Crippen LogP) is 3.81. The van der Waals surface area contributed by atoms with Crippen molar-refractivity contribution in [1.82, 2.24) is 10.2 Å². The maximum Gasteiger partial charge on any atom is 0.120 e. The van der Waals surface area contributed by atoms with Crippen LogP contribution in [-0.2, 0) is 13.1 Å². The van der Waals surface area contributed by atoms with E-state index in [9.17, 15) is 0 Å². The summed E-state index contributed by atoms with van der Waals surface area (Å²) < 4.78 is 6.07. The van der Waals surface area contributed by atoms with E-state index in [-0.39, 0.29) is 0 Å². The van der Waals surface area contributed by atoms with E-state index >= 15 is 0 Å². The average molecular weight is 292 g/mol. The number of hydrogen-bond acceptors (Lipinski definition) is 3. The fourth-order valence-corrected chi connectivity index (χ4v) is 3.46. The standard InChI is InChI=1S/C18H32N2O/c1-13(2)8-19-9-18-16(5)7-17(21-18)12-20-10-14(3)6-15(4)11-20/h7,13-15,19H,6,8-12H2,1-5H3. The summed E-state index contributed by atoms with van der Waals surface area (Å²) in [5, 5.41) is 3.47. The minimum atomic E-state index is 0.677. The Bertz CT molecular complexity index is 428. The summed E-state index contributed by atoms with van der Waals surface area (Å²) in [4.78, 5) is 2.54. The second kappa shape index (κ2) is 7.46. The highest BCUT2D eigenvalue weighted by Gasteiger charge is 2.22. The van der Waals surface area contributed by atoms with Gasteiger partial charge in [0.2, 0.25) is 0 Å². The topological polar surface area (TPSA) is 28.4 Å². The Kier molecular flexibility index (Phi) is 5.88. The van der Waals surface area contributed by atoms with Crippen molar-refractivity contribution in [1.29, 1.82) is 0 Å². The van der Waals surface area contributed by atoms with Crippen molar-refractivity contribution in [2.24, 2.45) is 17.8 Å². The van der Waals surface area contributed by atoms with E-state index in [1.807, 2.05) is 0 Å². The average Bonchev–Trinajstić information content (AvgIpc) is 2.67. The van der Waals surface area contributed by atoms with Gasteiger partial charge in [0.25, 0.3) is 0 Å². The molecule has 2 atom stereocenters. The number of nitrogens with one attached hydrogen (secondary N) is 1. The van der Waals surface area contributed by atoms with Gasteiger partial charge >= 0.3 is 0 Å². The molecule has 1 aromatic rings. The van der Waals surface area contributed by atoms with Gasteiger partial charge < -0.3 is 9.73 Å². The number of aryl methyl sites for hydroxylation is 1. The number of piperidine rings is 1. The maximum absolute atomic E-state index is 6.07. The number of rotatable bonds is 6. The summed E-state index contributed by atoms with van der Waals surface area (Å²) in [6, 6.07) is 2.22.